The normalized spacial score (nSPS) is 20.7. The largest absolute Gasteiger partial charge is 0.455 e. The van der Waals surface area contributed by atoms with Gasteiger partial charge in [-0.1, -0.05) is 4.99 Å². The van der Waals surface area contributed by atoms with E-state index in [1.54, 1.807) is 0 Å². The first-order valence-corrected chi connectivity index (χ1v) is 2.91. The van der Waals surface area contributed by atoms with E-state index in [-0.39, 0.29) is 11.9 Å². The number of nitrogens with zero attached hydrogens (tertiary/aromatic N) is 4. The Morgan fingerprint density at radius 2 is 2.27 bits per heavy atom. The molecule has 2 rings (SSSR count). The molecule has 2 heterocycles. The van der Waals surface area contributed by atoms with Gasteiger partial charge in [-0.3, -0.25) is 0 Å². The van der Waals surface area contributed by atoms with Crippen LogP contribution >= 0.6 is 0 Å². The molecule has 0 saturated carbocycles. The zero-order chi connectivity index (χ0) is 7.84. The maximum absolute atomic E-state index is 11.0. The minimum atomic E-state index is -0.454. The van der Waals surface area contributed by atoms with Gasteiger partial charge in [-0.05, 0) is 4.99 Å². The lowest BCUT2D eigenvalue weighted by Crippen LogP contribution is -2.30. The number of rotatable bonds is 0. The molecular formula is C5H4N5O+. The molecule has 2 N–H and O–H groups in total. The monoisotopic (exact) mass is 150 g/mol. The van der Waals surface area contributed by atoms with Crippen molar-refractivity contribution in [3.05, 3.63) is 0 Å². The summed E-state index contributed by atoms with van der Waals surface area (Å²) in [5, 5.41) is 0. The van der Waals surface area contributed by atoms with Crippen LogP contribution in [0.3, 0.4) is 0 Å². The van der Waals surface area contributed by atoms with Gasteiger partial charge in [-0.2, -0.15) is 4.58 Å². The molecule has 0 fully saturated rings. The van der Waals surface area contributed by atoms with Crippen molar-refractivity contribution in [3.63, 3.8) is 0 Å². The van der Waals surface area contributed by atoms with Gasteiger partial charge in [-0.15, -0.1) is 4.99 Å². The number of carbonyl (C=O) groups excluding carboxylic acids is 1. The molecule has 2 amide bonds. The van der Waals surface area contributed by atoms with Crippen LogP contribution in [0.1, 0.15) is 0 Å². The molecule has 6 heteroatoms. The molecule has 0 unspecified atom stereocenters. The molecule has 2 aliphatic heterocycles. The number of hydrogen-bond donors (Lipinski definition) is 1. The molecule has 2 aliphatic rings. The van der Waals surface area contributed by atoms with E-state index in [0.29, 0.717) is 0 Å². The topological polar surface area (TPSA) is 83.2 Å². The van der Waals surface area contributed by atoms with Crippen molar-refractivity contribution in [1.82, 2.24) is 0 Å². The Morgan fingerprint density at radius 1 is 1.45 bits per heavy atom. The summed E-state index contributed by atoms with van der Waals surface area (Å²) in [4.78, 5) is 21.8. The van der Waals surface area contributed by atoms with Crippen LogP contribution in [0.5, 0.6) is 0 Å². The molecule has 0 atom stereocenters. The summed E-state index contributed by atoms with van der Waals surface area (Å²) in [5.41, 5.74) is 5.21. The van der Waals surface area contributed by atoms with Crippen LogP contribution in [0, 0.1) is 0 Å². The van der Waals surface area contributed by atoms with Crippen molar-refractivity contribution in [3.8, 4) is 0 Å². The lowest BCUT2D eigenvalue weighted by Gasteiger charge is -1.96. The highest BCUT2D eigenvalue weighted by atomic mass is 16.2. The first-order chi connectivity index (χ1) is 5.27. The molecule has 0 bridgehead atoms. The Morgan fingerprint density at radius 3 is 3.09 bits per heavy atom. The fraction of sp³-hybridized carbons (Fsp3) is 0. The molecule has 6 nitrogen and oxygen atoms in total. The summed E-state index contributed by atoms with van der Waals surface area (Å²) in [7, 11) is 0. The highest BCUT2D eigenvalue weighted by Gasteiger charge is 2.29. The fourth-order valence-corrected chi connectivity index (χ4v) is 0.807. The molecule has 0 aromatic heterocycles. The van der Waals surface area contributed by atoms with E-state index in [0.717, 1.165) is 0 Å². The Balaban J connectivity index is 2.54. The number of guanidine groups is 2. The van der Waals surface area contributed by atoms with Crippen molar-refractivity contribution in [2.45, 2.75) is 0 Å². The highest BCUT2D eigenvalue weighted by Crippen LogP contribution is 1.99. The van der Waals surface area contributed by atoms with Crippen LogP contribution in [0.4, 0.5) is 4.79 Å². The molecule has 0 saturated heterocycles. The zero-order valence-electron chi connectivity index (χ0n) is 5.43. The molecular weight excluding hydrogens is 146 g/mol. The predicted octanol–water partition coefficient (Wildman–Crippen LogP) is -1.04. The van der Waals surface area contributed by atoms with Gasteiger partial charge in [0.25, 0.3) is 0 Å². The summed E-state index contributed by atoms with van der Waals surface area (Å²) in [5.74, 6) is 0.233. The van der Waals surface area contributed by atoms with Crippen LogP contribution in [-0.2, 0) is 0 Å². The average Bonchev–Trinajstić information content (AvgIpc) is 2.34. The third-order valence-electron chi connectivity index (χ3n) is 1.25. The summed E-state index contributed by atoms with van der Waals surface area (Å²) in [6.45, 7) is 0. The predicted molar refractivity (Wildman–Crippen MR) is 39.3 cm³/mol. The minimum Gasteiger partial charge on any atom is -0.346 e. The van der Waals surface area contributed by atoms with Gasteiger partial charge in [0.1, 0.15) is 6.21 Å². The van der Waals surface area contributed by atoms with Gasteiger partial charge in [-0.25, -0.2) is 4.79 Å². The zero-order valence-corrected chi connectivity index (χ0v) is 5.43. The SMILES string of the molecule is NC1=NC(=O)[N+]2=CC=NC2=N1. The minimum absolute atomic E-state index is 0.0475. The molecule has 0 aliphatic carbocycles. The number of aliphatic imine (C=N–C) groups is 3. The molecule has 0 aromatic carbocycles. The van der Waals surface area contributed by atoms with Gasteiger partial charge in [0.2, 0.25) is 0 Å². The Labute approximate surface area is 61.5 Å². The molecule has 0 aromatic rings. The van der Waals surface area contributed by atoms with Gasteiger partial charge in [0.15, 0.2) is 0 Å². The number of nitrogens with two attached hydrogens (primary N) is 1. The van der Waals surface area contributed by atoms with Crippen molar-refractivity contribution in [1.29, 1.82) is 0 Å². The Bertz CT molecular complexity index is 348. The second kappa shape index (κ2) is 1.82. The lowest BCUT2D eigenvalue weighted by molar-refractivity contribution is -0.287. The maximum atomic E-state index is 11.0. The van der Waals surface area contributed by atoms with E-state index < -0.39 is 6.03 Å². The second-order valence-corrected chi connectivity index (χ2v) is 1.96. The number of hydrogen-bond acceptors (Lipinski definition) is 4. The van der Waals surface area contributed by atoms with Gasteiger partial charge in [0, 0.05) is 0 Å². The van der Waals surface area contributed by atoms with E-state index in [1.165, 1.54) is 17.0 Å². The van der Waals surface area contributed by atoms with E-state index in [4.69, 9.17) is 5.73 Å². The Hall–Kier alpha value is -1.85. The van der Waals surface area contributed by atoms with E-state index in [2.05, 4.69) is 15.0 Å². The molecule has 54 valence electrons. The van der Waals surface area contributed by atoms with Crippen molar-refractivity contribution in [2.24, 2.45) is 20.7 Å². The number of urea groups is 1. The summed E-state index contributed by atoms with van der Waals surface area (Å²) in [6, 6.07) is -0.454. The maximum Gasteiger partial charge on any atom is 0.455 e. The van der Waals surface area contributed by atoms with Crippen LogP contribution < -0.4 is 5.73 Å². The second-order valence-electron chi connectivity index (χ2n) is 1.96. The van der Waals surface area contributed by atoms with Crippen molar-refractivity contribution >= 4 is 30.4 Å². The van der Waals surface area contributed by atoms with Crippen LogP contribution in [-0.4, -0.2) is 35.0 Å². The van der Waals surface area contributed by atoms with E-state index >= 15 is 0 Å². The smallest absolute Gasteiger partial charge is 0.346 e. The highest BCUT2D eigenvalue weighted by molar-refractivity contribution is 6.24. The molecule has 0 radical (unpaired) electrons. The van der Waals surface area contributed by atoms with Crippen LogP contribution in [0.15, 0.2) is 15.0 Å². The van der Waals surface area contributed by atoms with Gasteiger partial charge in [0.05, 0.1) is 6.21 Å². The Kier molecular flexibility index (Phi) is 0.974. The quantitative estimate of drug-likeness (QED) is 0.447. The number of fused-ring (bicyclic) bond motifs is 1. The lowest BCUT2D eigenvalue weighted by atomic mass is 10.7. The number of carbonyl (C=O) groups is 1. The summed E-state index contributed by atoms with van der Waals surface area (Å²) < 4.78 is 1.22. The van der Waals surface area contributed by atoms with Crippen molar-refractivity contribution in [2.75, 3.05) is 0 Å². The first-order valence-electron chi connectivity index (χ1n) is 2.91. The van der Waals surface area contributed by atoms with E-state index in [9.17, 15) is 4.79 Å². The third kappa shape index (κ3) is 0.759. The van der Waals surface area contributed by atoms with Gasteiger partial charge >= 0.3 is 18.0 Å². The first kappa shape index (κ1) is 5.90. The van der Waals surface area contributed by atoms with E-state index in [1.807, 2.05) is 0 Å². The third-order valence-corrected chi connectivity index (χ3v) is 1.25. The van der Waals surface area contributed by atoms with Gasteiger partial charge < -0.3 is 5.73 Å². The molecule has 0 spiro atoms. The number of amides is 2. The summed E-state index contributed by atoms with van der Waals surface area (Å²) in [6.07, 6.45) is 2.95. The van der Waals surface area contributed by atoms with Crippen LogP contribution in [0.25, 0.3) is 0 Å². The summed E-state index contributed by atoms with van der Waals surface area (Å²) >= 11 is 0. The molecule has 11 heavy (non-hydrogen) atoms. The fourth-order valence-electron chi connectivity index (χ4n) is 0.807. The average molecular weight is 150 g/mol. The van der Waals surface area contributed by atoms with Crippen molar-refractivity contribution < 1.29 is 9.37 Å². The standard InChI is InChI=1S/C5H3N5O/c6-3-8-4-7-1-2-10(4)5(11)9-3/h1-2H,(H-,6,9,11)/p+1. The van der Waals surface area contributed by atoms with Crippen LogP contribution in [0.2, 0.25) is 0 Å².